The van der Waals surface area contributed by atoms with Crippen LogP contribution in [-0.4, -0.2) is 9.97 Å². The number of aryl methyl sites for hydroxylation is 2. The van der Waals surface area contributed by atoms with Crippen LogP contribution < -0.4 is 10.5 Å². The van der Waals surface area contributed by atoms with Gasteiger partial charge in [-0.2, -0.15) is 4.98 Å². The van der Waals surface area contributed by atoms with E-state index in [0.29, 0.717) is 28.3 Å². The summed E-state index contributed by atoms with van der Waals surface area (Å²) in [6, 6.07) is 7.17. The van der Waals surface area contributed by atoms with Gasteiger partial charge in [0.05, 0.1) is 5.02 Å². The molecule has 2 N–H and O–H groups in total. The number of nitrogen functional groups attached to an aromatic ring is 1. The van der Waals surface area contributed by atoms with Crippen molar-refractivity contribution in [1.82, 2.24) is 9.97 Å². The van der Waals surface area contributed by atoms with Crippen LogP contribution in [0.5, 0.6) is 11.6 Å². The molecule has 0 radical (unpaired) electrons. The topological polar surface area (TPSA) is 61.0 Å². The van der Waals surface area contributed by atoms with Crippen LogP contribution in [0.3, 0.4) is 0 Å². The molecule has 1 aromatic heterocycles. The molecule has 0 amide bonds. The highest BCUT2D eigenvalue weighted by molar-refractivity contribution is 6.32. The Bertz CT molecular complexity index is 587. The molecular weight excluding hydrogens is 262 g/mol. The molecule has 2 rings (SSSR count). The van der Waals surface area contributed by atoms with Gasteiger partial charge in [-0.05, 0) is 31.0 Å². The molecule has 0 aliphatic heterocycles. The van der Waals surface area contributed by atoms with Crippen molar-refractivity contribution in [2.75, 3.05) is 5.73 Å². The number of hydrogen-bond acceptors (Lipinski definition) is 4. The third-order valence-corrected chi connectivity index (χ3v) is 2.86. The Labute approximate surface area is 117 Å². The average molecular weight is 278 g/mol. The largest absolute Gasteiger partial charge is 0.437 e. The van der Waals surface area contributed by atoms with Gasteiger partial charge >= 0.3 is 0 Å². The van der Waals surface area contributed by atoms with Crippen molar-refractivity contribution in [2.24, 2.45) is 0 Å². The van der Waals surface area contributed by atoms with Crippen molar-refractivity contribution >= 4 is 17.4 Å². The Hall–Kier alpha value is -1.81. The first-order chi connectivity index (χ1) is 9.08. The summed E-state index contributed by atoms with van der Waals surface area (Å²) >= 11 is 6.09. The van der Waals surface area contributed by atoms with E-state index in [2.05, 4.69) is 16.9 Å². The van der Waals surface area contributed by atoms with Crippen molar-refractivity contribution < 1.29 is 4.74 Å². The Morgan fingerprint density at radius 1 is 1.26 bits per heavy atom. The third-order valence-electron chi connectivity index (χ3n) is 2.54. The molecule has 19 heavy (non-hydrogen) atoms. The minimum Gasteiger partial charge on any atom is -0.437 e. The van der Waals surface area contributed by atoms with E-state index in [1.165, 1.54) is 0 Å². The summed E-state index contributed by atoms with van der Waals surface area (Å²) in [7, 11) is 0. The Kier molecular flexibility index (Phi) is 4.22. The standard InChI is InChI=1S/C14H16ClN3O/c1-3-4-13-17-12(16)8-14(18-13)19-11-7-9(2)5-6-10(11)15/h5-8H,3-4H2,1-2H3,(H2,16,17,18). The van der Waals surface area contributed by atoms with Crippen molar-refractivity contribution in [3.63, 3.8) is 0 Å². The highest BCUT2D eigenvalue weighted by atomic mass is 35.5. The minimum atomic E-state index is 0.400. The van der Waals surface area contributed by atoms with E-state index in [-0.39, 0.29) is 0 Å². The maximum absolute atomic E-state index is 6.09. The lowest BCUT2D eigenvalue weighted by Gasteiger charge is -2.09. The van der Waals surface area contributed by atoms with Crippen molar-refractivity contribution in [2.45, 2.75) is 26.7 Å². The van der Waals surface area contributed by atoms with Gasteiger partial charge in [-0.25, -0.2) is 4.98 Å². The molecule has 0 bridgehead atoms. The number of ether oxygens (including phenoxy) is 1. The van der Waals surface area contributed by atoms with E-state index in [9.17, 15) is 0 Å². The van der Waals surface area contributed by atoms with Crippen LogP contribution in [-0.2, 0) is 6.42 Å². The van der Waals surface area contributed by atoms with Gasteiger partial charge in [0.2, 0.25) is 5.88 Å². The second-order valence-corrected chi connectivity index (χ2v) is 4.74. The van der Waals surface area contributed by atoms with Crippen LogP contribution in [0.25, 0.3) is 0 Å². The highest BCUT2D eigenvalue weighted by Crippen LogP contribution is 2.29. The summed E-state index contributed by atoms with van der Waals surface area (Å²) in [6.45, 7) is 4.03. The normalized spacial score (nSPS) is 10.5. The summed E-state index contributed by atoms with van der Waals surface area (Å²) < 4.78 is 5.69. The molecule has 1 aromatic carbocycles. The Morgan fingerprint density at radius 3 is 2.79 bits per heavy atom. The number of nitrogens with two attached hydrogens (primary N) is 1. The monoisotopic (exact) mass is 277 g/mol. The molecule has 0 saturated heterocycles. The zero-order valence-electron chi connectivity index (χ0n) is 11.0. The zero-order chi connectivity index (χ0) is 13.8. The number of halogens is 1. The van der Waals surface area contributed by atoms with Gasteiger partial charge in [0.25, 0.3) is 0 Å². The van der Waals surface area contributed by atoms with E-state index in [0.717, 1.165) is 18.4 Å². The Morgan fingerprint density at radius 2 is 2.05 bits per heavy atom. The molecule has 0 saturated carbocycles. The maximum Gasteiger partial charge on any atom is 0.224 e. The molecular formula is C14H16ClN3O. The summed E-state index contributed by atoms with van der Waals surface area (Å²) in [5.74, 6) is 2.07. The van der Waals surface area contributed by atoms with Crippen LogP contribution in [0, 0.1) is 6.92 Å². The lowest BCUT2D eigenvalue weighted by atomic mass is 10.2. The van der Waals surface area contributed by atoms with Gasteiger partial charge in [0, 0.05) is 12.5 Å². The fourth-order valence-corrected chi connectivity index (χ4v) is 1.84. The summed E-state index contributed by atoms with van der Waals surface area (Å²) in [4.78, 5) is 8.48. The predicted molar refractivity (Wildman–Crippen MR) is 76.7 cm³/mol. The van der Waals surface area contributed by atoms with Gasteiger partial charge in [0.1, 0.15) is 17.4 Å². The van der Waals surface area contributed by atoms with Crippen LogP contribution in [0.2, 0.25) is 5.02 Å². The van der Waals surface area contributed by atoms with Gasteiger partial charge in [-0.1, -0.05) is 24.6 Å². The van der Waals surface area contributed by atoms with Crippen LogP contribution in [0.15, 0.2) is 24.3 Å². The van der Waals surface area contributed by atoms with Crippen LogP contribution in [0.4, 0.5) is 5.82 Å². The fraction of sp³-hybridized carbons (Fsp3) is 0.286. The van der Waals surface area contributed by atoms with Crippen molar-refractivity contribution in [3.8, 4) is 11.6 Å². The summed E-state index contributed by atoms with van der Waals surface area (Å²) in [5.41, 5.74) is 6.81. The fourth-order valence-electron chi connectivity index (χ4n) is 1.68. The number of aromatic nitrogens is 2. The maximum atomic E-state index is 6.09. The van der Waals surface area contributed by atoms with Gasteiger partial charge < -0.3 is 10.5 Å². The molecule has 5 heteroatoms. The molecule has 0 spiro atoms. The second-order valence-electron chi connectivity index (χ2n) is 4.33. The first-order valence-corrected chi connectivity index (χ1v) is 6.53. The van der Waals surface area contributed by atoms with Crippen molar-refractivity contribution in [1.29, 1.82) is 0 Å². The molecule has 0 aliphatic rings. The van der Waals surface area contributed by atoms with Crippen LogP contribution in [0.1, 0.15) is 24.7 Å². The third kappa shape index (κ3) is 3.58. The number of benzene rings is 1. The molecule has 0 unspecified atom stereocenters. The van der Waals surface area contributed by atoms with E-state index >= 15 is 0 Å². The molecule has 1 heterocycles. The number of hydrogen-bond donors (Lipinski definition) is 1. The molecule has 0 fully saturated rings. The van der Waals surface area contributed by atoms with Gasteiger partial charge in [-0.3, -0.25) is 0 Å². The molecule has 0 atom stereocenters. The first-order valence-electron chi connectivity index (χ1n) is 6.16. The lowest BCUT2D eigenvalue weighted by molar-refractivity contribution is 0.458. The van der Waals surface area contributed by atoms with Gasteiger partial charge in [0.15, 0.2) is 0 Å². The number of nitrogens with zero attached hydrogens (tertiary/aromatic N) is 2. The summed E-state index contributed by atoms with van der Waals surface area (Å²) in [6.07, 6.45) is 1.72. The van der Waals surface area contributed by atoms with E-state index in [1.807, 2.05) is 19.1 Å². The van der Waals surface area contributed by atoms with E-state index in [4.69, 9.17) is 22.1 Å². The lowest BCUT2D eigenvalue weighted by Crippen LogP contribution is -2.01. The van der Waals surface area contributed by atoms with Crippen molar-refractivity contribution in [3.05, 3.63) is 40.7 Å². The smallest absolute Gasteiger partial charge is 0.224 e. The molecule has 100 valence electrons. The van der Waals surface area contributed by atoms with E-state index in [1.54, 1.807) is 12.1 Å². The first kappa shape index (κ1) is 13.6. The number of anilines is 1. The second kappa shape index (κ2) is 5.89. The quantitative estimate of drug-likeness (QED) is 0.924. The minimum absolute atomic E-state index is 0.400. The average Bonchev–Trinajstić information content (AvgIpc) is 2.33. The number of rotatable bonds is 4. The SMILES string of the molecule is CCCc1nc(N)cc(Oc2cc(C)ccc2Cl)n1. The van der Waals surface area contributed by atoms with Crippen LogP contribution >= 0.6 is 11.6 Å². The Balaban J connectivity index is 2.29. The molecule has 0 aliphatic carbocycles. The molecule has 2 aromatic rings. The predicted octanol–water partition coefficient (Wildman–Crippen LogP) is 3.77. The highest BCUT2D eigenvalue weighted by Gasteiger charge is 2.07. The summed E-state index contributed by atoms with van der Waals surface area (Å²) in [5, 5.41) is 0.542. The molecule has 4 nitrogen and oxygen atoms in total. The van der Waals surface area contributed by atoms with E-state index < -0.39 is 0 Å². The zero-order valence-corrected chi connectivity index (χ0v) is 11.7. The van der Waals surface area contributed by atoms with Gasteiger partial charge in [-0.15, -0.1) is 0 Å².